The molecule has 1 aromatic heterocycles. The highest BCUT2D eigenvalue weighted by Crippen LogP contribution is 2.36. The van der Waals surface area contributed by atoms with Crippen molar-refractivity contribution in [3.63, 3.8) is 0 Å². The van der Waals surface area contributed by atoms with Crippen molar-refractivity contribution in [2.75, 3.05) is 0 Å². The SMILES string of the molecule is O=C(O)c1csc2c(Br)c(Cl)ccc12. The summed E-state index contributed by atoms with van der Waals surface area (Å²) in [4.78, 5) is 10.8. The Labute approximate surface area is 97.2 Å². The molecule has 72 valence electrons. The van der Waals surface area contributed by atoms with Crippen LogP contribution in [-0.2, 0) is 0 Å². The molecule has 1 heterocycles. The summed E-state index contributed by atoms with van der Waals surface area (Å²) in [6.07, 6.45) is 0. The highest BCUT2D eigenvalue weighted by molar-refractivity contribution is 9.10. The number of carboxylic acid groups (broad SMARTS) is 1. The van der Waals surface area contributed by atoms with Crippen LogP contribution < -0.4 is 0 Å². The fourth-order valence-corrected chi connectivity index (χ4v) is 3.03. The molecule has 0 radical (unpaired) electrons. The molecule has 0 spiro atoms. The van der Waals surface area contributed by atoms with Crippen LogP contribution in [0.15, 0.2) is 22.0 Å². The number of hydrogen-bond donors (Lipinski definition) is 1. The topological polar surface area (TPSA) is 37.3 Å². The number of carboxylic acids is 1. The Kier molecular flexibility index (Phi) is 2.51. The molecule has 0 fully saturated rings. The largest absolute Gasteiger partial charge is 0.478 e. The van der Waals surface area contributed by atoms with Gasteiger partial charge in [-0.3, -0.25) is 0 Å². The normalized spacial score (nSPS) is 10.7. The molecule has 0 bridgehead atoms. The third-order valence-corrected chi connectivity index (χ3v) is 4.51. The molecule has 2 nitrogen and oxygen atoms in total. The smallest absolute Gasteiger partial charge is 0.337 e. The molecule has 0 aliphatic heterocycles. The minimum atomic E-state index is -0.912. The van der Waals surface area contributed by atoms with E-state index in [1.807, 2.05) is 0 Å². The zero-order valence-corrected chi connectivity index (χ0v) is 9.91. The van der Waals surface area contributed by atoms with Gasteiger partial charge in [0.05, 0.1) is 19.8 Å². The van der Waals surface area contributed by atoms with Crippen LogP contribution in [-0.4, -0.2) is 11.1 Å². The molecule has 5 heteroatoms. The highest BCUT2D eigenvalue weighted by atomic mass is 79.9. The number of halogens is 2. The lowest BCUT2D eigenvalue weighted by Crippen LogP contribution is -1.93. The Hall–Kier alpha value is -0.580. The summed E-state index contributed by atoms with van der Waals surface area (Å²) in [6, 6.07) is 3.41. The van der Waals surface area contributed by atoms with E-state index in [2.05, 4.69) is 15.9 Å². The Morgan fingerprint density at radius 2 is 2.21 bits per heavy atom. The average Bonchev–Trinajstić information content (AvgIpc) is 2.55. The molecule has 0 atom stereocenters. The van der Waals surface area contributed by atoms with Gasteiger partial charge in [0, 0.05) is 10.8 Å². The van der Waals surface area contributed by atoms with Crippen molar-refractivity contribution in [1.29, 1.82) is 0 Å². The first-order valence-corrected chi connectivity index (χ1v) is 5.75. The quantitative estimate of drug-likeness (QED) is 0.862. The molecular formula is C9H4BrClO2S. The standard InChI is InChI=1S/C9H4BrClO2S/c10-7-6(11)2-1-4-5(9(12)13)3-14-8(4)7/h1-3H,(H,12,13). The molecular weight excluding hydrogens is 288 g/mol. The van der Waals surface area contributed by atoms with Crippen LogP contribution in [0.1, 0.15) is 10.4 Å². The lowest BCUT2D eigenvalue weighted by molar-refractivity contribution is 0.0699. The lowest BCUT2D eigenvalue weighted by atomic mass is 10.2. The van der Waals surface area contributed by atoms with E-state index in [1.54, 1.807) is 17.5 Å². The minimum Gasteiger partial charge on any atom is -0.478 e. The highest BCUT2D eigenvalue weighted by Gasteiger charge is 2.13. The lowest BCUT2D eigenvalue weighted by Gasteiger charge is -1.97. The van der Waals surface area contributed by atoms with E-state index in [-0.39, 0.29) is 0 Å². The minimum absolute atomic E-state index is 0.322. The number of benzene rings is 1. The third-order valence-electron chi connectivity index (χ3n) is 1.87. The summed E-state index contributed by atoms with van der Waals surface area (Å²) < 4.78 is 1.63. The Bertz CT molecular complexity index is 521. The summed E-state index contributed by atoms with van der Waals surface area (Å²) in [5.41, 5.74) is 0.322. The summed E-state index contributed by atoms with van der Waals surface area (Å²) in [6.45, 7) is 0. The van der Waals surface area contributed by atoms with Crippen LogP contribution in [0.3, 0.4) is 0 Å². The Morgan fingerprint density at radius 3 is 2.86 bits per heavy atom. The zero-order chi connectivity index (χ0) is 10.3. The van der Waals surface area contributed by atoms with Gasteiger partial charge in [-0.05, 0) is 22.0 Å². The molecule has 14 heavy (non-hydrogen) atoms. The van der Waals surface area contributed by atoms with Crippen molar-refractivity contribution in [2.24, 2.45) is 0 Å². The number of aromatic carboxylic acids is 1. The molecule has 0 aliphatic rings. The first-order chi connectivity index (χ1) is 6.61. The van der Waals surface area contributed by atoms with Gasteiger partial charge in [0.15, 0.2) is 0 Å². The van der Waals surface area contributed by atoms with Crippen LogP contribution in [0.4, 0.5) is 0 Å². The molecule has 1 aromatic carbocycles. The third kappa shape index (κ3) is 1.43. The fourth-order valence-electron chi connectivity index (χ4n) is 1.21. The summed E-state index contributed by atoms with van der Waals surface area (Å²) >= 11 is 10.6. The van der Waals surface area contributed by atoms with Crippen molar-refractivity contribution < 1.29 is 9.90 Å². The van der Waals surface area contributed by atoms with Crippen molar-refractivity contribution >= 4 is 54.9 Å². The fraction of sp³-hybridized carbons (Fsp3) is 0. The molecule has 0 aliphatic carbocycles. The van der Waals surface area contributed by atoms with Gasteiger partial charge in [-0.1, -0.05) is 17.7 Å². The van der Waals surface area contributed by atoms with Gasteiger partial charge in [-0.2, -0.15) is 0 Å². The number of thiophene rings is 1. The summed E-state index contributed by atoms with van der Waals surface area (Å²) in [5, 5.41) is 11.8. The predicted octanol–water partition coefficient (Wildman–Crippen LogP) is 4.02. The summed E-state index contributed by atoms with van der Waals surface area (Å²) in [7, 11) is 0. The second-order valence-corrected chi connectivity index (χ2v) is 4.77. The molecule has 0 saturated carbocycles. The molecule has 1 N–H and O–H groups in total. The van der Waals surface area contributed by atoms with E-state index in [9.17, 15) is 4.79 Å². The molecule has 2 rings (SSSR count). The van der Waals surface area contributed by atoms with Gasteiger partial charge in [0.2, 0.25) is 0 Å². The van der Waals surface area contributed by atoms with E-state index in [0.717, 1.165) is 14.6 Å². The first-order valence-electron chi connectivity index (χ1n) is 3.69. The molecule has 0 saturated heterocycles. The second-order valence-electron chi connectivity index (χ2n) is 2.69. The summed E-state index contributed by atoms with van der Waals surface area (Å²) in [5.74, 6) is -0.912. The maximum absolute atomic E-state index is 10.8. The van der Waals surface area contributed by atoms with Crippen molar-refractivity contribution in [1.82, 2.24) is 0 Å². The van der Waals surface area contributed by atoms with Crippen molar-refractivity contribution in [2.45, 2.75) is 0 Å². The zero-order valence-electron chi connectivity index (χ0n) is 6.75. The van der Waals surface area contributed by atoms with Crippen LogP contribution in [0.5, 0.6) is 0 Å². The van der Waals surface area contributed by atoms with Gasteiger partial charge in [-0.15, -0.1) is 11.3 Å². The average molecular weight is 292 g/mol. The van der Waals surface area contributed by atoms with E-state index < -0.39 is 5.97 Å². The van der Waals surface area contributed by atoms with E-state index >= 15 is 0 Å². The van der Waals surface area contributed by atoms with Crippen LogP contribution in [0, 0.1) is 0 Å². The Morgan fingerprint density at radius 1 is 1.50 bits per heavy atom. The van der Waals surface area contributed by atoms with E-state index in [4.69, 9.17) is 16.7 Å². The van der Waals surface area contributed by atoms with Gasteiger partial charge in [0.1, 0.15) is 0 Å². The Balaban J connectivity index is 2.83. The van der Waals surface area contributed by atoms with Crippen molar-refractivity contribution in [3.05, 3.63) is 32.6 Å². The van der Waals surface area contributed by atoms with Crippen LogP contribution in [0.2, 0.25) is 5.02 Å². The second kappa shape index (κ2) is 3.53. The molecule has 0 amide bonds. The number of hydrogen-bond acceptors (Lipinski definition) is 2. The molecule has 2 aromatic rings. The molecule has 0 unspecified atom stereocenters. The maximum atomic E-state index is 10.8. The van der Waals surface area contributed by atoms with Gasteiger partial charge in [0.25, 0.3) is 0 Å². The number of fused-ring (bicyclic) bond motifs is 1. The maximum Gasteiger partial charge on any atom is 0.337 e. The van der Waals surface area contributed by atoms with Crippen LogP contribution in [0.25, 0.3) is 10.1 Å². The first kappa shape index (κ1) is 9.96. The van der Waals surface area contributed by atoms with E-state index in [1.165, 1.54) is 11.3 Å². The van der Waals surface area contributed by atoms with Gasteiger partial charge < -0.3 is 5.11 Å². The monoisotopic (exact) mass is 290 g/mol. The van der Waals surface area contributed by atoms with Gasteiger partial charge in [-0.25, -0.2) is 4.79 Å². The predicted molar refractivity (Wildman–Crippen MR) is 61.5 cm³/mol. The van der Waals surface area contributed by atoms with Crippen LogP contribution >= 0.6 is 38.9 Å². The number of rotatable bonds is 1. The van der Waals surface area contributed by atoms with E-state index in [0.29, 0.717) is 10.6 Å². The van der Waals surface area contributed by atoms with Crippen molar-refractivity contribution in [3.8, 4) is 0 Å². The number of carbonyl (C=O) groups is 1. The van der Waals surface area contributed by atoms with Gasteiger partial charge >= 0.3 is 5.97 Å².